The SMILES string of the molecule is CC(C)C[C@H](N)B(O)O.[2H]c1ccc2cc(C[C@H](NC(=O)N3CCOCC3)C(=O)O)ccc2n1. The van der Waals surface area contributed by atoms with Crippen LogP contribution in [0.1, 0.15) is 27.2 Å². The van der Waals surface area contributed by atoms with Crippen molar-refractivity contribution in [2.24, 2.45) is 11.7 Å². The summed E-state index contributed by atoms with van der Waals surface area (Å²) in [6.07, 6.45) is 1.00. The summed E-state index contributed by atoms with van der Waals surface area (Å²) in [5, 5.41) is 29.8. The summed E-state index contributed by atoms with van der Waals surface area (Å²) in [6, 6.07) is 7.31. The molecule has 2 amide bonds. The number of hydrogen-bond donors (Lipinski definition) is 5. The largest absolute Gasteiger partial charge is 0.480 e. The molecule has 33 heavy (non-hydrogen) atoms. The number of hydrogen-bond acceptors (Lipinski definition) is 7. The minimum atomic E-state index is -1.37. The van der Waals surface area contributed by atoms with Crippen LogP contribution in [-0.4, -0.2) is 82.4 Å². The monoisotopic (exact) mass is 461 g/mol. The van der Waals surface area contributed by atoms with E-state index in [1.54, 1.807) is 29.2 Å². The standard InChI is InChI=1S/C17H19N3O4.C5H14BNO2/c21-16(22)15(19-17(23)20-6-8-24-9-7-20)11-12-3-4-14-13(10-12)2-1-5-18-14;1-4(2)3-5(7)6(8)9/h1-5,10,15H,6-9,11H2,(H,19,23)(H,21,22);4-5,8-9H,3,7H2,1-2H3/t15-;5-/m00/s1/i5D;. The molecule has 0 radical (unpaired) electrons. The summed E-state index contributed by atoms with van der Waals surface area (Å²) in [7, 11) is -1.37. The second-order valence-corrected chi connectivity index (χ2v) is 8.32. The van der Waals surface area contributed by atoms with Crippen LogP contribution in [-0.2, 0) is 16.0 Å². The lowest BCUT2D eigenvalue weighted by molar-refractivity contribution is -0.139. The summed E-state index contributed by atoms with van der Waals surface area (Å²) in [5.41, 5.74) is 6.78. The Morgan fingerprint density at radius 3 is 2.58 bits per heavy atom. The quantitative estimate of drug-likeness (QED) is 0.376. The maximum absolute atomic E-state index is 12.2. The van der Waals surface area contributed by atoms with Gasteiger partial charge in [0.05, 0.1) is 20.1 Å². The van der Waals surface area contributed by atoms with Crippen molar-refractivity contribution < 1.29 is 30.9 Å². The number of carboxylic acid groups (broad SMARTS) is 1. The number of nitrogens with two attached hydrogens (primary N) is 1. The predicted molar refractivity (Wildman–Crippen MR) is 125 cm³/mol. The second kappa shape index (κ2) is 13.1. The number of fused-ring (bicyclic) bond motifs is 1. The molecule has 1 aliphatic rings. The number of carbonyl (C=O) groups excluding carboxylic acids is 1. The average molecular weight is 461 g/mol. The van der Waals surface area contributed by atoms with Crippen LogP contribution in [0.5, 0.6) is 0 Å². The van der Waals surface area contributed by atoms with Crippen molar-refractivity contribution in [3.63, 3.8) is 0 Å². The molecule has 0 aliphatic carbocycles. The van der Waals surface area contributed by atoms with Gasteiger partial charge in [0.1, 0.15) is 6.04 Å². The molecule has 3 rings (SSSR count). The fourth-order valence-electron chi connectivity index (χ4n) is 3.31. The van der Waals surface area contributed by atoms with Crippen LogP contribution in [0.3, 0.4) is 0 Å². The maximum atomic E-state index is 12.2. The van der Waals surface area contributed by atoms with Gasteiger partial charge in [-0.05, 0) is 36.1 Å². The zero-order valence-electron chi connectivity index (χ0n) is 20.0. The van der Waals surface area contributed by atoms with Gasteiger partial charge < -0.3 is 35.8 Å². The number of urea groups is 1. The van der Waals surface area contributed by atoms with Crippen LogP contribution >= 0.6 is 0 Å². The van der Waals surface area contributed by atoms with E-state index in [9.17, 15) is 14.7 Å². The lowest BCUT2D eigenvalue weighted by Crippen LogP contribution is -2.51. The Morgan fingerprint density at radius 2 is 2.00 bits per heavy atom. The molecular weight excluding hydrogens is 427 g/mol. The van der Waals surface area contributed by atoms with Gasteiger partial charge in [-0.1, -0.05) is 26.0 Å². The van der Waals surface area contributed by atoms with E-state index >= 15 is 0 Å². The molecule has 2 heterocycles. The third-order valence-electron chi connectivity index (χ3n) is 5.07. The van der Waals surface area contributed by atoms with Crippen LogP contribution < -0.4 is 11.1 Å². The average Bonchev–Trinajstić information content (AvgIpc) is 2.79. The highest BCUT2D eigenvalue weighted by molar-refractivity contribution is 6.43. The van der Waals surface area contributed by atoms with Crippen LogP contribution in [0, 0.1) is 5.92 Å². The number of aromatic nitrogens is 1. The lowest BCUT2D eigenvalue weighted by Gasteiger charge is -2.28. The Kier molecular flexibility index (Phi) is 9.88. The predicted octanol–water partition coefficient (Wildman–Crippen LogP) is 0.644. The molecule has 1 aromatic heterocycles. The van der Waals surface area contributed by atoms with E-state index in [1.807, 2.05) is 19.9 Å². The van der Waals surface area contributed by atoms with Crippen LogP contribution in [0.2, 0.25) is 0 Å². The summed E-state index contributed by atoms with van der Waals surface area (Å²) in [5.74, 6) is -1.16. The topological polar surface area (TPSA) is 158 Å². The third kappa shape index (κ3) is 8.97. The highest BCUT2D eigenvalue weighted by Gasteiger charge is 2.24. The van der Waals surface area contributed by atoms with Crippen molar-refractivity contribution in [2.75, 3.05) is 26.3 Å². The molecule has 1 aromatic carbocycles. The Hall–Kier alpha value is -2.73. The van der Waals surface area contributed by atoms with Crippen LogP contribution in [0.25, 0.3) is 10.9 Å². The number of pyridine rings is 1. The summed E-state index contributed by atoms with van der Waals surface area (Å²) in [4.78, 5) is 29.4. The summed E-state index contributed by atoms with van der Waals surface area (Å²) >= 11 is 0. The van der Waals surface area contributed by atoms with Gasteiger partial charge in [-0.25, -0.2) is 9.59 Å². The number of rotatable bonds is 7. The molecule has 1 saturated heterocycles. The summed E-state index contributed by atoms with van der Waals surface area (Å²) < 4.78 is 12.7. The number of nitrogens with one attached hydrogen (secondary N) is 1. The van der Waals surface area contributed by atoms with Gasteiger partial charge in [-0.3, -0.25) is 4.98 Å². The number of aliphatic carboxylic acids is 1. The molecule has 180 valence electrons. The minimum Gasteiger partial charge on any atom is -0.480 e. The molecule has 11 heteroatoms. The Labute approximate surface area is 195 Å². The van der Waals surface area contributed by atoms with Gasteiger partial charge in [0.2, 0.25) is 0 Å². The number of ether oxygens (including phenoxy) is 1. The molecule has 6 N–H and O–H groups in total. The Bertz CT molecular complexity index is 958. The van der Waals surface area contributed by atoms with Crippen molar-refractivity contribution in [3.8, 4) is 0 Å². The van der Waals surface area contributed by atoms with Gasteiger partial charge in [-0.15, -0.1) is 0 Å². The van der Waals surface area contributed by atoms with Crippen LogP contribution in [0.4, 0.5) is 4.79 Å². The Balaban J connectivity index is 0.000000387. The minimum absolute atomic E-state index is 0.171. The molecule has 0 spiro atoms. The van der Waals surface area contributed by atoms with Crippen molar-refractivity contribution in [1.82, 2.24) is 15.2 Å². The molecule has 1 fully saturated rings. The van der Waals surface area contributed by atoms with E-state index in [1.165, 1.54) is 0 Å². The number of carbonyl (C=O) groups is 2. The molecule has 2 aromatic rings. The highest BCUT2D eigenvalue weighted by atomic mass is 16.5. The number of amides is 2. The summed E-state index contributed by atoms with van der Waals surface area (Å²) in [6.45, 7) is 5.80. The van der Waals surface area contributed by atoms with E-state index in [0.717, 1.165) is 10.9 Å². The molecular formula is C22H33BN4O6. The highest BCUT2D eigenvalue weighted by Crippen LogP contribution is 2.15. The second-order valence-electron chi connectivity index (χ2n) is 8.32. The van der Waals surface area contributed by atoms with E-state index < -0.39 is 31.1 Å². The first-order valence-electron chi connectivity index (χ1n) is 11.4. The molecule has 0 unspecified atom stereocenters. The van der Waals surface area contributed by atoms with E-state index in [0.29, 0.717) is 44.2 Å². The normalized spacial score (nSPS) is 15.8. The smallest absolute Gasteiger partial charge is 0.469 e. The van der Waals surface area contributed by atoms with Crippen molar-refractivity contribution in [3.05, 3.63) is 42.1 Å². The van der Waals surface area contributed by atoms with Crippen LogP contribution in [0.15, 0.2) is 36.5 Å². The first-order chi connectivity index (χ1) is 16.1. The van der Waals surface area contributed by atoms with E-state index in [4.69, 9.17) is 21.9 Å². The van der Waals surface area contributed by atoms with E-state index in [2.05, 4.69) is 10.3 Å². The number of nitrogens with zero attached hydrogens (tertiary/aromatic N) is 2. The fraction of sp³-hybridized carbons (Fsp3) is 0.500. The zero-order chi connectivity index (χ0) is 25.3. The van der Waals surface area contributed by atoms with Gasteiger partial charge in [0, 0.05) is 37.0 Å². The van der Waals surface area contributed by atoms with E-state index in [-0.39, 0.29) is 12.6 Å². The molecule has 1 aliphatic heterocycles. The van der Waals surface area contributed by atoms with Gasteiger partial charge in [0.25, 0.3) is 0 Å². The molecule has 10 nitrogen and oxygen atoms in total. The van der Waals surface area contributed by atoms with Crippen molar-refractivity contribution in [1.29, 1.82) is 0 Å². The van der Waals surface area contributed by atoms with Crippen molar-refractivity contribution >= 4 is 30.0 Å². The van der Waals surface area contributed by atoms with Gasteiger partial charge >= 0.3 is 19.1 Å². The fourth-order valence-corrected chi connectivity index (χ4v) is 3.31. The van der Waals surface area contributed by atoms with Gasteiger partial charge in [-0.2, -0.15) is 0 Å². The van der Waals surface area contributed by atoms with Gasteiger partial charge in [0.15, 0.2) is 0 Å². The molecule has 0 saturated carbocycles. The first-order valence-corrected chi connectivity index (χ1v) is 10.9. The third-order valence-corrected chi connectivity index (χ3v) is 5.07. The molecule has 0 bridgehead atoms. The van der Waals surface area contributed by atoms with Crippen molar-refractivity contribution in [2.45, 2.75) is 38.7 Å². The number of benzene rings is 1. The lowest BCUT2D eigenvalue weighted by atomic mass is 9.76. The Morgan fingerprint density at radius 1 is 1.30 bits per heavy atom. The molecule has 2 atom stereocenters. The number of morpholine rings is 1. The maximum Gasteiger partial charge on any atom is 0.469 e. The zero-order valence-corrected chi connectivity index (χ0v) is 19.0. The number of carboxylic acids is 1. The first kappa shape index (κ1) is 24.9.